The van der Waals surface area contributed by atoms with Crippen molar-refractivity contribution in [2.24, 2.45) is 0 Å². The molecule has 0 radical (unpaired) electrons. The Morgan fingerprint density at radius 1 is 1.33 bits per heavy atom. The number of thioether (sulfide) groups is 1. The lowest BCUT2D eigenvalue weighted by atomic mass is 9.99. The van der Waals surface area contributed by atoms with Gasteiger partial charge in [-0.25, -0.2) is 0 Å². The van der Waals surface area contributed by atoms with E-state index in [1.165, 1.54) is 4.90 Å². The molecule has 1 aromatic carbocycles. The SMILES string of the molecule is O=C(CNC1(CO)CCCC1)N1CCSc2ccccc21. The first kappa shape index (κ1) is 14.9. The van der Waals surface area contributed by atoms with Crippen LogP contribution in [0.3, 0.4) is 0 Å². The first-order valence-electron chi connectivity index (χ1n) is 7.62. The van der Waals surface area contributed by atoms with Crippen molar-refractivity contribution in [3.05, 3.63) is 24.3 Å². The lowest BCUT2D eigenvalue weighted by Gasteiger charge is -2.32. The number of aliphatic hydroxyl groups is 1. The summed E-state index contributed by atoms with van der Waals surface area (Å²) in [5.74, 6) is 1.04. The highest BCUT2D eigenvalue weighted by Crippen LogP contribution is 2.34. The average molecular weight is 306 g/mol. The fourth-order valence-electron chi connectivity index (χ4n) is 3.23. The molecule has 4 nitrogen and oxygen atoms in total. The van der Waals surface area contributed by atoms with E-state index in [1.54, 1.807) is 11.8 Å². The molecule has 0 atom stereocenters. The fraction of sp³-hybridized carbons (Fsp3) is 0.562. The minimum atomic E-state index is -0.236. The van der Waals surface area contributed by atoms with E-state index in [1.807, 2.05) is 23.1 Å². The summed E-state index contributed by atoms with van der Waals surface area (Å²) in [6, 6.07) is 8.07. The number of hydrogen-bond acceptors (Lipinski definition) is 4. The van der Waals surface area contributed by atoms with Gasteiger partial charge in [0.15, 0.2) is 0 Å². The van der Waals surface area contributed by atoms with Crippen molar-refractivity contribution in [3.8, 4) is 0 Å². The molecular formula is C16H22N2O2S. The monoisotopic (exact) mass is 306 g/mol. The summed E-state index contributed by atoms with van der Waals surface area (Å²) in [4.78, 5) is 15.6. The van der Waals surface area contributed by atoms with Crippen molar-refractivity contribution in [1.29, 1.82) is 0 Å². The second kappa shape index (κ2) is 6.38. The summed E-state index contributed by atoms with van der Waals surface area (Å²) in [5.41, 5.74) is 0.782. The molecule has 1 saturated carbocycles. The van der Waals surface area contributed by atoms with Crippen molar-refractivity contribution >= 4 is 23.4 Å². The van der Waals surface area contributed by atoms with Crippen molar-refractivity contribution in [1.82, 2.24) is 5.32 Å². The average Bonchev–Trinajstić information content (AvgIpc) is 3.01. The molecule has 5 heteroatoms. The van der Waals surface area contributed by atoms with Crippen LogP contribution < -0.4 is 10.2 Å². The topological polar surface area (TPSA) is 52.6 Å². The molecule has 1 amide bonds. The van der Waals surface area contributed by atoms with Crippen LogP contribution in [0.5, 0.6) is 0 Å². The largest absolute Gasteiger partial charge is 0.394 e. The Balaban J connectivity index is 1.66. The number of rotatable bonds is 4. The third-order valence-corrected chi connectivity index (χ3v) is 5.55. The van der Waals surface area contributed by atoms with Crippen LogP contribution in [-0.4, -0.2) is 42.0 Å². The van der Waals surface area contributed by atoms with Gasteiger partial charge in [0.05, 0.1) is 18.8 Å². The van der Waals surface area contributed by atoms with Crippen LogP contribution in [0, 0.1) is 0 Å². The molecule has 1 heterocycles. The Labute approximate surface area is 129 Å². The third-order valence-electron chi connectivity index (χ3n) is 4.51. The number of para-hydroxylation sites is 1. The number of carbonyl (C=O) groups is 1. The zero-order valence-corrected chi connectivity index (χ0v) is 13.0. The Bertz CT molecular complexity index is 515. The maximum atomic E-state index is 12.5. The van der Waals surface area contributed by atoms with E-state index in [-0.39, 0.29) is 18.1 Å². The molecule has 2 aliphatic rings. The minimum Gasteiger partial charge on any atom is -0.394 e. The van der Waals surface area contributed by atoms with Gasteiger partial charge in [-0.15, -0.1) is 11.8 Å². The third kappa shape index (κ3) is 3.10. The Morgan fingerprint density at radius 3 is 2.86 bits per heavy atom. The fourth-order valence-corrected chi connectivity index (χ4v) is 4.22. The van der Waals surface area contributed by atoms with Gasteiger partial charge >= 0.3 is 0 Å². The van der Waals surface area contributed by atoms with E-state index in [9.17, 15) is 9.90 Å². The highest BCUT2D eigenvalue weighted by Gasteiger charge is 2.34. The molecule has 1 aromatic rings. The number of hydrogen-bond donors (Lipinski definition) is 2. The van der Waals surface area contributed by atoms with Crippen molar-refractivity contribution < 1.29 is 9.90 Å². The first-order valence-corrected chi connectivity index (χ1v) is 8.61. The van der Waals surface area contributed by atoms with Crippen LogP contribution in [0.4, 0.5) is 5.69 Å². The molecule has 1 aliphatic heterocycles. The Morgan fingerprint density at radius 2 is 2.10 bits per heavy atom. The lowest BCUT2D eigenvalue weighted by Crippen LogP contribution is -2.51. The number of fused-ring (bicyclic) bond motifs is 1. The maximum absolute atomic E-state index is 12.5. The standard InChI is InChI=1S/C16H22N2O2S/c19-12-16(7-3-4-8-16)17-11-15(20)18-9-10-21-14-6-2-1-5-13(14)18/h1-2,5-6,17,19H,3-4,7-12H2. The van der Waals surface area contributed by atoms with E-state index in [0.717, 1.165) is 43.7 Å². The van der Waals surface area contributed by atoms with Crippen LogP contribution in [0.2, 0.25) is 0 Å². The maximum Gasteiger partial charge on any atom is 0.241 e. The predicted octanol–water partition coefficient (Wildman–Crippen LogP) is 2.02. The summed E-state index contributed by atoms with van der Waals surface area (Å²) in [6.07, 6.45) is 4.18. The molecule has 0 saturated heterocycles. The van der Waals surface area contributed by atoms with Gasteiger partial charge in [0, 0.05) is 22.7 Å². The zero-order valence-electron chi connectivity index (χ0n) is 12.2. The molecule has 0 spiro atoms. The van der Waals surface area contributed by atoms with E-state index in [2.05, 4.69) is 11.4 Å². The highest BCUT2D eigenvalue weighted by molar-refractivity contribution is 7.99. The number of anilines is 1. The smallest absolute Gasteiger partial charge is 0.241 e. The van der Waals surface area contributed by atoms with Crippen LogP contribution >= 0.6 is 11.8 Å². The molecule has 0 unspecified atom stereocenters. The van der Waals surface area contributed by atoms with Gasteiger partial charge in [0.2, 0.25) is 5.91 Å². The minimum absolute atomic E-state index is 0.0995. The van der Waals surface area contributed by atoms with E-state index < -0.39 is 0 Å². The van der Waals surface area contributed by atoms with Gasteiger partial charge in [-0.3, -0.25) is 4.79 Å². The quantitative estimate of drug-likeness (QED) is 0.893. The van der Waals surface area contributed by atoms with Gasteiger partial charge in [-0.05, 0) is 25.0 Å². The van der Waals surface area contributed by atoms with Crippen LogP contribution in [0.1, 0.15) is 25.7 Å². The van der Waals surface area contributed by atoms with Gasteiger partial charge in [0.1, 0.15) is 0 Å². The van der Waals surface area contributed by atoms with Gasteiger partial charge < -0.3 is 15.3 Å². The molecule has 2 N–H and O–H groups in total. The van der Waals surface area contributed by atoms with Crippen molar-refractivity contribution in [2.75, 3.05) is 30.3 Å². The van der Waals surface area contributed by atoms with Crippen molar-refractivity contribution in [2.45, 2.75) is 36.1 Å². The number of carbonyl (C=O) groups excluding carboxylic acids is 1. The molecule has 1 aliphatic carbocycles. The summed E-state index contributed by atoms with van der Waals surface area (Å²) in [5, 5.41) is 12.9. The second-order valence-electron chi connectivity index (χ2n) is 5.86. The number of aliphatic hydroxyl groups excluding tert-OH is 1. The first-order chi connectivity index (χ1) is 10.2. The van der Waals surface area contributed by atoms with Gasteiger partial charge in [-0.2, -0.15) is 0 Å². The summed E-state index contributed by atoms with van der Waals surface area (Å²) in [7, 11) is 0. The summed E-state index contributed by atoms with van der Waals surface area (Å²) >= 11 is 1.80. The summed E-state index contributed by atoms with van der Waals surface area (Å²) in [6.45, 7) is 1.18. The van der Waals surface area contributed by atoms with E-state index in [4.69, 9.17) is 0 Å². The molecule has 0 bridgehead atoms. The van der Waals surface area contributed by atoms with Crippen LogP contribution in [-0.2, 0) is 4.79 Å². The molecule has 114 valence electrons. The molecule has 1 fully saturated rings. The van der Waals surface area contributed by atoms with E-state index >= 15 is 0 Å². The van der Waals surface area contributed by atoms with Crippen molar-refractivity contribution in [3.63, 3.8) is 0 Å². The Hall–Kier alpha value is -1.04. The Kier molecular flexibility index (Phi) is 4.52. The second-order valence-corrected chi connectivity index (χ2v) is 7.00. The normalized spacial score (nSPS) is 20.3. The molecule has 21 heavy (non-hydrogen) atoms. The van der Waals surface area contributed by atoms with Crippen LogP contribution in [0.15, 0.2) is 29.2 Å². The number of amides is 1. The number of benzene rings is 1. The van der Waals surface area contributed by atoms with Crippen LogP contribution in [0.25, 0.3) is 0 Å². The lowest BCUT2D eigenvalue weighted by molar-refractivity contribution is -0.118. The van der Waals surface area contributed by atoms with Gasteiger partial charge in [0.25, 0.3) is 0 Å². The molecule has 3 rings (SSSR count). The number of nitrogens with zero attached hydrogens (tertiary/aromatic N) is 1. The molecular weight excluding hydrogens is 284 g/mol. The zero-order chi connectivity index (χ0) is 14.7. The highest BCUT2D eigenvalue weighted by atomic mass is 32.2. The number of nitrogens with one attached hydrogen (secondary N) is 1. The van der Waals surface area contributed by atoms with Gasteiger partial charge in [-0.1, -0.05) is 25.0 Å². The summed E-state index contributed by atoms with van der Waals surface area (Å²) < 4.78 is 0. The molecule has 0 aromatic heterocycles. The predicted molar refractivity (Wildman–Crippen MR) is 85.8 cm³/mol. The van der Waals surface area contributed by atoms with E-state index in [0.29, 0.717) is 6.54 Å².